The summed E-state index contributed by atoms with van der Waals surface area (Å²) in [7, 11) is 4.74. The standard InChI is InChI=1S/C25H25N3O5/c1-27(25(30)22-10-7-13-33-22)16-24(29)28-21(17-8-5-4-6-9-17)15-20(26-28)19-12-11-18(31-2)14-23(19)32-3/h4-14,21H,15-16H2,1-3H3/t21-/m0/s1. The van der Waals surface area contributed by atoms with Gasteiger partial charge in [-0.2, -0.15) is 5.10 Å². The van der Waals surface area contributed by atoms with Gasteiger partial charge < -0.3 is 18.8 Å². The Balaban J connectivity index is 1.63. The average molecular weight is 447 g/mol. The zero-order valence-corrected chi connectivity index (χ0v) is 18.7. The van der Waals surface area contributed by atoms with Crippen molar-refractivity contribution in [3.8, 4) is 11.5 Å². The van der Waals surface area contributed by atoms with Crippen molar-refractivity contribution in [2.24, 2.45) is 5.10 Å². The highest BCUT2D eigenvalue weighted by molar-refractivity contribution is 6.05. The second-order valence-electron chi connectivity index (χ2n) is 7.62. The van der Waals surface area contributed by atoms with E-state index in [-0.39, 0.29) is 30.2 Å². The van der Waals surface area contributed by atoms with E-state index in [9.17, 15) is 9.59 Å². The molecule has 0 unspecified atom stereocenters. The number of carbonyl (C=O) groups excluding carboxylic acids is 2. The molecule has 1 atom stereocenters. The zero-order valence-electron chi connectivity index (χ0n) is 18.7. The summed E-state index contributed by atoms with van der Waals surface area (Å²) >= 11 is 0. The summed E-state index contributed by atoms with van der Waals surface area (Å²) in [6, 6.07) is 18.1. The highest BCUT2D eigenvalue weighted by Gasteiger charge is 2.35. The summed E-state index contributed by atoms with van der Waals surface area (Å²) in [6.45, 7) is -0.139. The molecule has 1 aliphatic heterocycles. The summed E-state index contributed by atoms with van der Waals surface area (Å²) in [5.74, 6) is 0.788. The fraction of sp³-hybridized carbons (Fsp3) is 0.240. The number of hydrogen-bond acceptors (Lipinski definition) is 6. The van der Waals surface area contributed by atoms with Gasteiger partial charge in [0.05, 0.1) is 32.2 Å². The number of amides is 2. The molecule has 8 heteroatoms. The molecule has 1 aromatic heterocycles. The van der Waals surface area contributed by atoms with Crippen molar-refractivity contribution in [3.63, 3.8) is 0 Å². The molecule has 0 bridgehead atoms. The Hall–Kier alpha value is -4.07. The third-order valence-corrected chi connectivity index (χ3v) is 5.52. The lowest BCUT2D eigenvalue weighted by Crippen LogP contribution is -2.39. The van der Waals surface area contributed by atoms with Gasteiger partial charge in [0, 0.05) is 25.1 Å². The molecule has 0 saturated heterocycles. The number of carbonyl (C=O) groups is 2. The van der Waals surface area contributed by atoms with Crippen molar-refractivity contribution < 1.29 is 23.5 Å². The van der Waals surface area contributed by atoms with Gasteiger partial charge in [-0.25, -0.2) is 5.01 Å². The van der Waals surface area contributed by atoms with Gasteiger partial charge >= 0.3 is 0 Å². The molecular formula is C25H25N3O5. The van der Waals surface area contributed by atoms with Crippen LogP contribution in [0.5, 0.6) is 11.5 Å². The first kappa shape index (κ1) is 22.1. The molecule has 2 amide bonds. The van der Waals surface area contributed by atoms with Crippen molar-refractivity contribution in [1.29, 1.82) is 0 Å². The maximum atomic E-state index is 13.3. The van der Waals surface area contributed by atoms with Crippen molar-refractivity contribution >= 4 is 17.5 Å². The topological polar surface area (TPSA) is 84.6 Å². The van der Waals surface area contributed by atoms with Crippen LogP contribution in [-0.4, -0.2) is 55.2 Å². The highest BCUT2D eigenvalue weighted by Crippen LogP contribution is 2.36. The van der Waals surface area contributed by atoms with Gasteiger partial charge in [-0.1, -0.05) is 30.3 Å². The van der Waals surface area contributed by atoms with Gasteiger partial charge in [0.1, 0.15) is 18.0 Å². The number of ether oxygens (including phenoxy) is 2. The third-order valence-electron chi connectivity index (χ3n) is 5.52. The number of likely N-dealkylation sites (N-methyl/N-ethyl adjacent to an activating group) is 1. The first-order valence-corrected chi connectivity index (χ1v) is 10.5. The zero-order chi connectivity index (χ0) is 23.4. The van der Waals surface area contributed by atoms with Gasteiger partial charge in [-0.3, -0.25) is 9.59 Å². The van der Waals surface area contributed by atoms with Gasteiger partial charge in [0.25, 0.3) is 11.8 Å². The van der Waals surface area contributed by atoms with Crippen LogP contribution in [0.4, 0.5) is 0 Å². The lowest BCUT2D eigenvalue weighted by molar-refractivity contribution is -0.133. The molecule has 170 valence electrons. The van der Waals surface area contributed by atoms with E-state index in [1.807, 2.05) is 42.5 Å². The van der Waals surface area contributed by atoms with E-state index in [2.05, 4.69) is 5.10 Å². The number of nitrogens with zero attached hydrogens (tertiary/aromatic N) is 3. The lowest BCUT2D eigenvalue weighted by atomic mass is 9.98. The first-order chi connectivity index (χ1) is 16.0. The minimum atomic E-state index is -0.371. The normalized spacial score (nSPS) is 15.2. The molecular weight excluding hydrogens is 422 g/mol. The smallest absolute Gasteiger partial charge is 0.289 e. The van der Waals surface area contributed by atoms with Gasteiger partial charge in [-0.15, -0.1) is 0 Å². The van der Waals surface area contributed by atoms with E-state index in [0.717, 1.165) is 16.8 Å². The Morgan fingerprint density at radius 2 is 1.88 bits per heavy atom. The summed E-state index contributed by atoms with van der Waals surface area (Å²) in [5.41, 5.74) is 2.46. The number of furan rings is 1. The summed E-state index contributed by atoms with van der Waals surface area (Å²) in [6.07, 6.45) is 1.93. The van der Waals surface area contributed by atoms with E-state index in [1.54, 1.807) is 39.5 Å². The van der Waals surface area contributed by atoms with Crippen LogP contribution < -0.4 is 9.47 Å². The molecule has 0 spiro atoms. The number of rotatable bonds is 7. The molecule has 0 fully saturated rings. The van der Waals surface area contributed by atoms with Crippen LogP contribution >= 0.6 is 0 Å². The Morgan fingerprint density at radius 1 is 1.09 bits per heavy atom. The summed E-state index contributed by atoms with van der Waals surface area (Å²) < 4.78 is 16.0. The van der Waals surface area contributed by atoms with Crippen molar-refractivity contribution in [1.82, 2.24) is 9.91 Å². The van der Waals surface area contributed by atoms with Crippen LogP contribution in [-0.2, 0) is 4.79 Å². The van der Waals surface area contributed by atoms with Gasteiger partial charge in [-0.05, 0) is 29.8 Å². The third kappa shape index (κ3) is 4.59. The molecule has 4 rings (SSSR count). The van der Waals surface area contributed by atoms with E-state index in [1.165, 1.54) is 16.2 Å². The van der Waals surface area contributed by atoms with Crippen LogP contribution in [0.15, 0.2) is 76.4 Å². The maximum Gasteiger partial charge on any atom is 0.289 e. The fourth-order valence-corrected chi connectivity index (χ4v) is 3.81. The van der Waals surface area contributed by atoms with Gasteiger partial charge in [0.15, 0.2) is 5.76 Å². The molecule has 2 aromatic carbocycles. The second-order valence-corrected chi connectivity index (χ2v) is 7.62. The predicted molar refractivity (Wildman–Crippen MR) is 122 cm³/mol. The van der Waals surface area contributed by atoms with Crippen LogP contribution in [0.3, 0.4) is 0 Å². The van der Waals surface area contributed by atoms with Crippen molar-refractivity contribution in [2.45, 2.75) is 12.5 Å². The number of benzene rings is 2. The number of hydrazone groups is 1. The monoisotopic (exact) mass is 447 g/mol. The second kappa shape index (κ2) is 9.60. The Morgan fingerprint density at radius 3 is 2.55 bits per heavy atom. The molecule has 1 aliphatic rings. The summed E-state index contributed by atoms with van der Waals surface area (Å²) in [5, 5.41) is 6.13. The fourth-order valence-electron chi connectivity index (χ4n) is 3.81. The minimum Gasteiger partial charge on any atom is -0.497 e. The van der Waals surface area contributed by atoms with E-state index in [0.29, 0.717) is 17.9 Å². The largest absolute Gasteiger partial charge is 0.497 e. The molecule has 2 heterocycles. The Labute approximate surface area is 192 Å². The van der Waals surface area contributed by atoms with Crippen molar-refractivity contribution in [2.75, 3.05) is 27.8 Å². The quantitative estimate of drug-likeness (QED) is 0.551. The molecule has 8 nitrogen and oxygen atoms in total. The predicted octanol–water partition coefficient (Wildman–Crippen LogP) is 3.75. The molecule has 3 aromatic rings. The van der Waals surface area contributed by atoms with Crippen LogP contribution in [0.25, 0.3) is 0 Å². The van der Waals surface area contributed by atoms with Crippen molar-refractivity contribution in [3.05, 3.63) is 83.8 Å². The van der Waals surface area contributed by atoms with E-state index in [4.69, 9.17) is 13.9 Å². The number of methoxy groups -OCH3 is 2. The molecule has 0 N–H and O–H groups in total. The van der Waals surface area contributed by atoms with Gasteiger partial charge in [0.2, 0.25) is 0 Å². The van der Waals surface area contributed by atoms with Crippen LogP contribution in [0, 0.1) is 0 Å². The molecule has 0 saturated carbocycles. The maximum absolute atomic E-state index is 13.3. The lowest BCUT2D eigenvalue weighted by Gasteiger charge is -2.24. The van der Waals surface area contributed by atoms with E-state index >= 15 is 0 Å². The summed E-state index contributed by atoms with van der Waals surface area (Å²) in [4.78, 5) is 27.1. The highest BCUT2D eigenvalue weighted by atomic mass is 16.5. The average Bonchev–Trinajstić information content (AvgIpc) is 3.54. The molecule has 0 radical (unpaired) electrons. The Kier molecular flexibility index (Phi) is 6.44. The van der Waals surface area contributed by atoms with Crippen LogP contribution in [0.1, 0.15) is 34.1 Å². The minimum absolute atomic E-state index is 0.139. The number of hydrogen-bond donors (Lipinski definition) is 0. The molecule has 0 aliphatic carbocycles. The Bertz CT molecular complexity index is 1160. The first-order valence-electron chi connectivity index (χ1n) is 10.5. The van der Waals surface area contributed by atoms with Crippen LogP contribution in [0.2, 0.25) is 0 Å². The SMILES string of the molecule is COc1ccc(C2=NN(C(=O)CN(C)C(=O)c3ccco3)[C@H](c3ccccc3)C2)c(OC)c1. The molecule has 33 heavy (non-hydrogen) atoms. The van der Waals surface area contributed by atoms with E-state index < -0.39 is 0 Å².